The highest BCUT2D eigenvalue weighted by Gasteiger charge is 1.98. The molecule has 2 N–H and O–H groups in total. The first kappa shape index (κ1) is 8.08. The molecule has 1 aromatic rings. The smallest absolute Gasteiger partial charge is 0.0615 e. The highest BCUT2D eigenvalue weighted by molar-refractivity contribution is 5.55. The molecule has 0 bridgehead atoms. The molecule has 0 fully saturated rings. The van der Waals surface area contributed by atoms with Gasteiger partial charge in [0.15, 0.2) is 0 Å². The number of nitrogens with one attached hydrogen (secondary N) is 1. The predicted molar refractivity (Wildman–Crippen MR) is 46.4 cm³/mol. The average molecular weight is 151 g/mol. The van der Waals surface area contributed by atoms with Crippen LogP contribution >= 0.6 is 0 Å². The highest BCUT2D eigenvalue weighted by Crippen LogP contribution is 2.13. The normalized spacial score (nSPS) is 11.2. The summed E-state index contributed by atoms with van der Waals surface area (Å²) in [5.41, 5.74) is 3.54. The van der Waals surface area contributed by atoms with Crippen molar-refractivity contribution in [1.29, 1.82) is 0 Å². The van der Waals surface area contributed by atoms with Gasteiger partial charge in [-0.15, -0.1) is 0 Å². The van der Waals surface area contributed by atoms with Crippen molar-refractivity contribution >= 4 is 6.08 Å². The van der Waals surface area contributed by atoms with E-state index in [1.807, 2.05) is 26.1 Å². The van der Waals surface area contributed by atoms with Crippen LogP contribution in [0.3, 0.4) is 0 Å². The van der Waals surface area contributed by atoms with E-state index in [9.17, 15) is 0 Å². The predicted octanol–water partition coefficient (Wildman–Crippen LogP) is 1.64. The molecule has 11 heavy (non-hydrogen) atoms. The summed E-state index contributed by atoms with van der Waals surface area (Å²) < 4.78 is 0. The van der Waals surface area contributed by atoms with Crippen molar-refractivity contribution in [3.05, 3.63) is 29.1 Å². The van der Waals surface area contributed by atoms with Crippen LogP contribution in [-0.4, -0.2) is 16.7 Å². The third-order valence-corrected chi connectivity index (χ3v) is 1.72. The minimum Gasteiger partial charge on any atom is -0.392 e. The molecule has 0 aromatic carbocycles. The van der Waals surface area contributed by atoms with Crippen LogP contribution in [0.5, 0.6) is 0 Å². The van der Waals surface area contributed by atoms with Gasteiger partial charge in [0.1, 0.15) is 0 Å². The van der Waals surface area contributed by atoms with Crippen molar-refractivity contribution in [3.63, 3.8) is 0 Å². The average Bonchev–Trinajstić information content (AvgIpc) is 2.29. The zero-order valence-electron chi connectivity index (χ0n) is 6.89. The van der Waals surface area contributed by atoms with E-state index in [2.05, 4.69) is 4.98 Å². The number of aryl methyl sites for hydroxylation is 2. The Labute approximate surface area is 66.6 Å². The fourth-order valence-electron chi connectivity index (χ4n) is 1.09. The summed E-state index contributed by atoms with van der Waals surface area (Å²) in [6, 6.07) is 0. The topological polar surface area (TPSA) is 36.0 Å². The van der Waals surface area contributed by atoms with Gasteiger partial charge in [0.2, 0.25) is 0 Å². The second-order valence-corrected chi connectivity index (χ2v) is 2.60. The van der Waals surface area contributed by atoms with Crippen LogP contribution in [0.25, 0.3) is 6.08 Å². The first-order valence-corrected chi connectivity index (χ1v) is 3.67. The molecule has 0 aliphatic heterocycles. The lowest BCUT2D eigenvalue weighted by atomic mass is 10.1. The third kappa shape index (κ3) is 1.71. The second kappa shape index (κ2) is 3.39. The Kier molecular flexibility index (Phi) is 2.49. The van der Waals surface area contributed by atoms with Crippen molar-refractivity contribution in [3.8, 4) is 0 Å². The molecule has 0 aliphatic carbocycles. The largest absolute Gasteiger partial charge is 0.392 e. The van der Waals surface area contributed by atoms with Crippen LogP contribution in [0.15, 0.2) is 12.3 Å². The molecule has 0 aliphatic rings. The van der Waals surface area contributed by atoms with Crippen molar-refractivity contribution in [1.82, 2.24) is 4.98 Å². The number of aliphatic hydroxyl groups is 1. The Hall–Kier alpha value is -1.02. The van der Waals surface area contributed by atoms with Gasteiger partial charge >= 0.3 is 0 Å². The quantitative estimate of drug-likeness (QED) is 0.662. The lowest BCUT2D eigenvalue weighted by molar-refractivity contribution is 0.343. The Bertz CT molecular complexity index is 241. The lowest BCUT2D eigenvalue weighted by Crippen LogP contribution is -1.78. The van der Waals surface area contributed by atoms with Gasteiger partial charge in [-0.3, -0.25) is 0 Å². The minimum atomic E-state index is 0.101. The first-order chi connectivity index (χ1) is 5.25. The molecule has 0 spiro atoms. The molecule has 0 saturated carbocycles. The van der Waals surface area contributed by atoms with Crippen molar-refractivity contribution in [2.45, 2.75) is 13.8 Å². The molecule has 0 radical (unpaired) electrons. The van der Waals surface area contributed by atoms with Crippen LogP contribution < -0.4 is 0 Å². The van der Waals surface area contributed by atoms with Crippen LogP contribution in [0.2, 0.25) is 0 Å². The third-order valence-electron chi connectivity index (χ3n) is 1.72. The summed E-state index contributed by atoms with van der Waals surface area (Å²) in [6.45, 7) is 4.16. The summed E-state index contributed by atoms with van der Waals surface area (Å²) in [5, 5.41) is 8.55. The van der Waals surface area contributed by atoms with Crippen molar-refractivity contribution < 1.29 is 5.11 Å². The van der Waals surface area contributed by atoms with Gasteiger partial charge < -0.3 is 10.1 Å². The molecule has 2 nitrogen and oxygen atoms in total. The Morgan fingerprint density at radius 1 is 1.55 bits per heavy atom. The molecule has 60 valence electrons. The summed E-state index contributed by atoms with van der Waals surface area (Å²) in [6.07, 6.45) is 5.64. The molecule has 1 heterocycles. The second-order valence-electron chi connectivity index (χ2n) is 2.60. The van der Waals surface area contributed by atoms with E-state index in [0.717, 1.165) is 5.69 Å². The molecular formula is C9H13NO. The number of rotatable bonds is 2. The van der Waals surface area contributed by atoms with E-state index in [0.29, 0.717) is 0 Å². The number of hydrogen-bond acceptors (Lipinski definition) is 1. The molecule has 0 unspecified atom stereocenters. The Balaban J connectivity index is 2.92. The molecule has 0 atom stereocenters. The SMILES string of the molecule is Cc1c[nH]c(C)c1/C=C/CO. The van der Waals surface area contributed by atoms with Gasteiger partial charge in [0.25, 0.3) is 0 Å². The zero-order chi connectivity index (χ0) is 8.27. The fraction of sp³-hybridized carbons (Fsp3) is 0.333. The lowest BCUT2D eigenvalue weighted by Gasteiger charge is -1.91. The van der Waals surface area contributed by atoms with Crippen molar-refractivity contribution in [2.24, 2.45) is 0 Å². The summed E-state index contributed by atoms with van der Waals surface area (Å²) in [5.74, 6) is 0. The maximum Gasteiger partial charge on any atom is 0.0615 e. The van der Waals surface area contributed by atoms with Gasteiger partial charge in [0.05, 0.1) is 6.61 Å². The number of hydrogen-bond donors (Lipinski definition) is 2. The van der Waals surface area contributed by atoms with E-state index in [4.69, 9.17) is 5.11 Å². The van der Waals surface area contributed by atoms with Crippen LogP contribution in [0, 0.1) is 13.8 Å². The van der Waals surface area contributed by atoms with Crippen molar-refractivity contribution in [2.75, 3.05) is 6.61 Å². The van der Waals surface area contributed by atoms with E-state index in [-0.39, 0.29) is 6.61 Å². The standard InChI is InChI=1S/C9H13NO/c1-7-6-10-8(2)9(7)4-3-5-11/h3-4,6,10-11H,5H2,1-2H3/b4-3+. The molecule has 1 rings (SSSR count). The summed E-state index contributed by atoms with van der Waals surface area (Å²) in [4.78, 5) is 3.11. The maximum absolute atomic E-state index is 8.55. The molecular weight excluding hydrogens is 138 g/mol. The maximum atomic E-state index is 8.55. The highest BCUT2D eigenvalue weighted by atomic mass is 16.2. The first-order valence-electron chi connectivity index (χ1n) is 3.67. The van der Waals surface area contributed by atoms with E-state index >= 15 is 0 Å². The van der Waals surface area contributed by atoms with Gasteiger partial charge in [-0.2, -0.15) is 0 Å². The molecule has 1 aromatic heterocycles. The van der Waals surface area contributed by atoms with E-state index in [1.54, 1.807) is 6.08 Å². The number of aromatic nitrogens is 1. The van der Waals surface area contributed by atoms with Gasteiger partial charge in [-0.25, -0.2) is 0 Å². The summed E-state index contributed by atoms with van der Waals surface area (Å²) >= 11 is 0. The van der Waals surface area contributed by atoms with Crippen LogP contribution in [0.1, 0.15) is 16.8 Å². The van der Waals surface area contributed by atoms with Gasteiger partial charge in [0, 0.05) is 11.9 Å². The zero-order valence-corrected chi connectivity index (χ0v) is 6.89. The molecule has 2 heteroatoms. The monoisotopic (exact) mass is 151 g/mol. The minimum absolute atomic E-state index is 0.101. The Morgan fingerprint density at radius 3 is 2.73 bits per heavy atom. The van der Waals surface area contributed by atoms with Gasteiger partial charge in [-0.1, -0.05) is 12.2 Å². The van der Waals surface area contributed by atoms with Gasteiger partial charge in [-0.05, 0) is 25.0 Å². The molecule has 0 amide bonds. The van der Waals surface area contributed by atoms with Crippen LogP contribution in [-0.2, 0) is 0 Å². The number of aromatic amines is 1. The molecule has 0 saturated heterocycles. The fourth-order valence-corrected chi connectivity index (χ4v) is 1.09. The Morgan fingerprint density at radius 2 is 2.27 bits per heavy atom. The number of aliphatic hydroxyl groups excluding tert-OH is 1. The van der Waals surface area contributed by atoms with E-state index in [1.165, 1.54) is 11.1 Å². The summed E-state index contributed by atoms with van der Waals surface area (Å²) in [7, 11) is 0. The number of H-pyrrole nitrogens is 1. The van der Waals surface area contributed by atoms with Crippen LogP contribution in [0.4, 0.5) is 0 Å². The van der Waals surface area contributed by atoms with E-state index < -0.39 is 0 Å².